The quantitative estimate of drug-likeness (QED) is 0.521. The zero-order valence-corrected chi connectivity index (χ0v) is 17.8. The molecule has 0 amide bonds. The van der Waals surface area contributed by atoms with Gasteiger partial charge in [0.15, 0.2) is 5.65 Å². The van der Waals surface area contributed by atoms with Gasteiger partial charge < -0.3 is 11.1 Å². The van der Waals surface area contributed by atoms with Crippen LogP contribution >= 0.6 is 0 Å². The molecule has 1 aromatic carbocycles. The summed E-state index contributed by atoms with van der Waals surface area (Å²) in [5.74, 6) is 1.11. The van der Waals surface area contributed by atoms with Crippen LogP contribution in [0.15, 0.2) is 48.7 Å². The van der Waals surface area contributed by atoms with E-state index in [-0.39, 0.29) is 5.54 Å². The molecule has 0 aliphatic rings. The number of fused-ring (bicyclic) bond motifs is 1. The van der Waals surface area contributed by atoms with Crippen LogP contribution in [0.25, 0.3) is 22.3 Å². The summed E-state index contributed by atoms with van der Waals surface area (Å²) in [5.41, 5.74) is 10.8. The Hall–Kier alpha value is -3.48. The van der Waals surface area contributed by atoms with Gasteiger partial charge >= 0.3 is 0 Å². The smallest absolute Gasteiger partial charge is 0.225 e. The predicted octanol–water partition coefficient (Wildman–Crippen LogP) is 4.19. The normalized spacial score (nSPS) is 11.7. The Morgan fingerprint density at radius 3 is 2.60 bits per heavy atom. The standard InChI is InChI=1S/C23H27N7/c1-15-8-7-9-16(14-15)19-18-20(24)30(23(2,3)4)29-21(18)28-22(27-19)26-13-11-17-10-5-6-12-25-17/h5-10,12,14H,11,13,24H2,1-4H3,(H,26,28,29). The first-order chi connectivity index (χ1) is 14.3. The Balaban J connectivity index is 1.76. The largest absolute Gasteiger partial charge is 0.383 e. The van der Waals surface area contributed by atoms with Crippen molar-refractivity contribution in [2.24, 2.45) is 0 Å². The number of aryl methyl sites for hydroxylation is 1. The van der Waals surface area contributed by atoms with Gasteiger partial charge in [-0.1, -0.05) is 29.8 Å². The number of nitrogens with one attached hydrogen (secondary N) is 1. The van der Waals surface area contributed by atoms with Crippen molar-refractivity contribution >= 4 is 22.8 Å². The maximum absolute atomic E-state index is 6.52. The van der Waals surface area contributed by atoms with Gasteiger partial charge in [0.2, 0.25) is 5.95 Å². The van der Waals surface area contributed by atoms with E-state index in [4.69, 9.17) is 15.8 Å². The first-order valence-electron chi connectivity index (χ1n) is 10.1. The van der Waals surface area contributed by atoms with Crippen LogP contribution in [0.2, 0.25) is 0 Å². The van der Waals surface area contributed by atoms with E-state index >= 15 is 0 Å². The fraction of sp³-hybridized carbons (Fsp3) is 0.304. The molecule has 154 valence electrons. The molecule has 7 nitrogen and oxygen atoms in total. The van der Waals surface area contributed by atoms with Crippen molar-refractivity contribution in [1.29, 1.82) is 0 Å². The molecular formula is C23H27N7. The molecule has 0 radical (unpaired) electrons. The fourth-order valence-electron chi connectivity index (χ4n) is 3.45. The second-order valence-corrected chi connectivity index (χ2v) is 8.43. The minimum Gasteiger partial charge on any atom is -0.383 e. The van der Waals surface area contributed by atoms with Crippen molar-refractivity contribution in [3.63, 3.8) is 0 Å². The van der Waals surface area contributed by atoms with Crippen LogP contribution < -0.4 is 11.1 Å². The van der Waals surface area contributed by atoms with E-state index in [9.17, 15) is 0 Å². The molecule has 0 aliphatic heterocycles. The Bertz CT molecular complexity index is 1170. The minimum absolute atomic E-state index is 0.263. The number of pyridine rings is 1. The average molecular weight is 402 g/mol. The van der Waals surface area contributed by atoms with Gasteiger partial charge in [0.25, 0.3) is 0 Å². The van der Waals surface area contributed by atoms with Crippen molar-refractivity contribution in [2.75, 3.05) is 17.6 Å². The van der Waals surface area contributed by atoms with Crippen LogP contribution in [0, 0.1) is 6.92 Å². The van der Waals surface area contributed by atoms with E-state index < -0.39 is 0 Å². The van der Waals surface area contributed by atoms with Gasteiger partial charge in [-0.3, -0.25) is 4.98 Å². The number of rotatable bonds is 5. The number of hydrogen-bond donors (Lipinski definition) is 2. The maximum atomic E-state index is 6.52. The molecular weight excluding hydrogens is 374 g/mol. The first-order valence-corrected chi connectivity index (χ1v) is 10.1. The lowest BCUT2D eigenvalue weighted by molar-refractivity contribution is 0.364. The Labute approximate surface area is 176 Å². The Morgan fingerprint density at radius 2 is 1.90 bits per heavy atom. The summed E-state index contributed by atoms with van der Waals surface area (Å²) in [4.78, 5) is 13.8. The van der Waals surface area contributed by atoms with Gasteiger partial charge in [-0.15, -0.1) is 5.10 Å². The average Bonchev–Trinajstić information content (AvgIpc) is 3.05. The predicted molar refractivity (Wildman–Crippen MR) is 121 cm³/mol. The lowest BCUT2D eigenvalue weighted by Gasteiger charge is -2.20. The van der Waals surface area contributed by atoms with Gasteiger partial charge in [0.1, 0.15) is 5.82 Å². The molecule has 3 N–H and O–H groups in total. The summed E-state index contributed by atoms with van der Waals surface area (Å²) >= 11 is 0. The fourth-order valence-corrected chi connectivity index (χ4v) is 3.45. The highest BCUT2D eigenvalue weighted by molar-refractivity contribution is 5.99. The third-order valence-electron chi connectivity index (χ3n) is 4.89. The van der Waals surface area contributed by atoms with Gasteiger partial charge in [0, 0.05) is 30.4 Å². The highest BCUT2D eigenvalue weighted by atomic mass is 15.4. The second-order valence-electron chi connectivity index (χ2n) is 8.43. The van der Waals surface area contributed by atoms with Crippen LogP contribution in [-0.4, -0.2) is 31.3 Å². The molecule has 0 atom stereocenters. The molecule has 3 heterocycles. The maximum Gasteiger partial charge on any atom is 0.225 e. The number of nitrogen functional groups attached to an aromatic ring is 1. The number of nitrogens with two attached hydrogens (primary N) is 1. The van der Waals surface area contributed by atoms with E-state index in [0.29, 0.717) is 24.0 Å². The van der Waals surface area contributed by atoms with E-state index in [2.05, 4.69) is 55.1 Å². The Kier molecular flexibility index (Phi) is 5.11. The summed E-state index contributed by atoms with van der Waals surface area (Å²) < 4.78 is 1.82. The van der Waals surface area contributed by atoms with Gasteiger partial charge in [0.05, 0.1) is 16.6 Å². The molecule has 0 spiro atoms. The molecule has 0 bridgehead atoms. The van der Waals surface area contributed by atoms with Crippen LogP contribution in [-0.2, 0) is 12.0 Å². The molecule has 4 aromatic rings. The molecule has 0 fully saturated rings. The number of anilines is 2. The van der Waals surface area contributed by atoms with Gasteiger partial charge in [-0.2, -0.15) is 4.98 Å². The molecule has 0 unspecified atom stereocenters. The number of benzene rings is 1. The zero-order chi connectivity index (χ0) is 21.3. The summed E-state index contributed by atoms with van der Waals surface area (Å²) in [6, 6.07) is 14.1. The number of hydrogen-bond acceptors (Lipinski definition) is 6. The molecule has 0 saturated carbocycles. The molecule has 4 rings (SSSR count). The summed E-state index contributed by atoms with van der Waals surface area (Å²) in [6.07, 6.45) is 2.58. The molecule has 0 aliphatic carbocycles. The third-order valence-corrected chi connectivity index (χ3v) is 4.89. The lowest BCUT2D eigenvalue weighted by Crippen LogP contribution is -2.24. The SMILES string of the molecule is Cc1cccc(-c2nc(NCCc3ccccn3)nc3nn(C(C)(C)C)c(N)c23)c1. The van der Waals surface area contributed by atoms with E-state index in [1.807, 2.05) is 35.0 Å². The molecule has 30 heavy (non-hydrogen) atoms. The molecule has 7 heteroatoms. The highest BCUT2D eigenvalue weighted by Crippen LogP contribution is 2.34. The number of nitrogens with zero attached hydrogens (tertiary/aromatic N) is 5. The summed E-state index contributed by atoms with van der Waals surface area (Å²) in [6.45, 7) is 8.95. The van der Waals surface area contributed by atoms with Crippen LogP contribution in [0.1, 0.15) is 32.0 Å². The first kappa shape index (κ1) is 19.8. The van der Waals surface area contributed by atoms with Crippen molar-refractivity contribution in [1.82, 2.24) is 24.7 Å². The minimum atomic E-state index is -0.263. The topological polar surface area (TPSA) is 94.5 Å². The van der Waals surface area contributed by atoms with Crippen molar-refractivity contribution in [3.05, 3.63) is 59.9 Å². The summed E-state index contributed by atoms with van der Waals surface area (Å²) in [5, 5.41) is 8.82. The zero-order valence-electron chi connectivity index (χ0n) is 17.8. The van der Waals surface area contributed by atoms with Crippen molar-refractivity contribution < 1.29 is 0 Å². The second kappa shape index (κ2) is 7.74. The van der Waals surface area contributed by atoms with Crippen LogP contribution in [0.3, 0.4) is 0 Å². The van der Waals surface area contributed by atoms with Crippen molar-refractivity contribution in [3.8, 4) is 11.3 Å². The van der Waals surface area contributed by atoms with E-state index in [0.717, 1.165) is 34.3 Å². The monoisotopic (exact) mass is 401 g/mol. The van der Waals surface area contributed by atoms with Crippen LogP contribution in [0.5, 0.6) is 0 Å². The van der Waals surface area contributed by atoms with Crippen molar-refractivity contribution in [2.45, 2.75) is 39.7 Å². The highest BCUT2D eigenvalue weighted by Gasteiger charge is 2.24. The number of aromatic nitrogens is 5. The van der Waals surface area contributed by atoms with Gasteiger partial charge in [-0.05, 0) is 45.9 Å². The molecule has 0 saturated heterocycles. The lowest BCUT2D eigenvalue weighted by atomic mass is 10.1. The van der Waals surface area contributed by atoms with E-state index in [1.54, 1.807) is 6.20 Å². The third kappa shape index (κ3) is 3.96. The van der Waals surface area contributed by atoms with Crippen LogP contribution in [0.4, 0.5) is 11.8 Å². The van der Waals surface area contributed by atoms with E-state index in [1.165, 1.54) is 0 Å². The molecule has 3 aromatic heterocycles. The van der Waals surface area contributed by atoms with Gasteiger partial charge in [-0.25, -0.2) is 9.67 Å². The Morgan fingerprint density at radius 1 is 1.07 bits per heavy atom. The summed E-state index contributed by atoms with van der Waals surface area (Å²) in [7, 11) is 0.